The predicted octanol–water partition coefficient (Wildman–Crippen LogP) is 6.03. The molecule has 4 nitrogen and oxygen atoms in total. The Morgan fingerprint density at radius 1 is 0.968 bits per heavy atom. The van der Waals surface area contributed by atoms with Crippen LogP contribution in [0.5, 0.6) is 0 Å². The number of anilines is 1. The number of rotatable bonds is 6. The summed E-state index contributed by atoms with van der Waals surface area (Å²) < 4.78 is 82.1. The average molecular weight is 447 g/mol. The molecule has 1 N–H and O–H groups in total. The van der Waals surface area contributed by atoms with Crippen molar-refractivity contribution in [3.63, 3.8) is 0 Å². The van der Waals surface area contributed by atoms with E-state index in [9.17, 15) is 35.9 Å². The fraction of sp³-hybridized carbons (Fsp3) is 0.333. The molecule has 0 saturated heterocycles. The van der Waals surface area contributed by atoms with Crippen LogP contribution in [0.25, 0.3) is 0 Å². The summed E-state index contributed by atoms with van der Waals surface area (Å²) in [5.41, 5.74) is -2.97. The maximum Gasteiger partial charge on any atom is 0.416 e. The van der Waals surface area contributed by atoms with Gasteiger partial charge < -0.3 is 10.1 Å². The van der Waals surface area contributed by atoms with Crippen LogP contribution in [0.15, 0.2) is 42.5 Å². The van der Waals surface area contributed by atoms with Crippen molar-refractivity contribution in [2.75, 3.05) is 11.9 Å². The lowest BCUT2D eigenvalue weighted by molar-refractivity contribution is -0.143. The molecule has 168 valence electrons. The molecule has 0 spiro atoms. The van der Waals surface area contributed by atoms with Crippen molar-refractivity contribution in [2.24, 2.45) is 0 Å². The van der Waals surface area contributed by atoms with Gasteiger partial charge in [-0.05, 0) is 42.2 Å². The number of esters is 1. The molecular formula is C21H19F6NO3. The second-order valence-electron chi connectivity index (χ2n) is 6.82. The Balaban J connectivity index is 2.15. The molecule has 0 unspecified atom stereocenters. The summed E-state index contributed by atoms with van der Waals surface area (Å²) in [4.78, 5) is 24.2. The number of nitrogens with one attached hydrogen (secondary N) is 1. The Labute approximate surface area is 174 Å². The summed E-state index contributed by atoms with van der Waals surface area (Å²) in [5.74, 6) is -2.15. The minimum absolute atomic E-state index is 0.102. The van der Waals surface area contributed by atoms with Gasteiger partial charge in [-0.3, -0.25) is 4.79 Å². The van der Waals surface area contributed by atoms with Gasteiger partial charge in [-0.25, -0.2) is 4.79 Å². The molecule has 0 aromatic heterocycles. The Bertz CT molecular complexity index is 921. The van der Waals surface area contributed by atoms with E-state index >= 15 is 0 Å². The Hall–Kier alpha value is -3.04. The van der Waals surface area contributed by atoms with Crippen molar-refractivity contribution in [2.45, 2.75) is 38.5 Å². The molecule has 0 saturated carbocycles. The third-order valence-corrected chi connectivity index (χ3v) is 4.54. The maximum absolute atomic E-state index is 12.9. The first-order chi connectivity index (χ1) is 14.3. The van der Waals surface area contributed by atoms with E-state index in [0.717, 1.165) is 12.0 Å². The van der Waals surface area contributed by atoms with Gasteiger partial charge in [-0.1, -0.05) is 32.0 Å². The lowest BCUT2D eigenvalue weighted by atomic mass is 9.97. The smallest absolute Gasteiger partial charge is 0.416 e. The molecule has 0 aliphatic rings. The van der Waals surface area contributed by atoms with Gasteiger partial charge in [-0.2, -0.15) is 26.3 Å². The van der Waals surface area contributed by atoms with E-state index in [1.807, 2.05) is 13.8 Å². The maximum atomic E-state index is 12.9. The van der Waals surface area contributed by atoms with Gasteiger partial charge in [0.05, 0.1) is 16.7 Å². The molecule has 0 radical (unpaired) electrons. The van der Waals surface area contributed by atoms with Crippen molar-refractivity contribution in [1.29, 1.82) is 0 Å². The highest BCUT2D eigenvalue weighted by molar-refractivity contribution is 5.96. The fourth-order valence-electron chi connectivity index (χ4n) is 2.73. The number of hydrogen-bond donors (Lipinski definition) is 1. The average Bonchev–Trinajstić information content (AvgIpc) is 2.70. The first kappa shape index (κ1) is 24.2. The van der Waals surface area contributed by atoms with E-state index in [-0.39, 0.29) is 24.1 Å². The van der Waals surface area contributed by atoms with Gasteiger partial charge in [0, 0.05) is 5.69 Å². The van der Waals surface area contributed by atoms with E-state index < -0.39 is 47.5 Å². The topological polar surface area (TPSA) is 55.4 Å². The molecular weight excluding hydrogens is 428 g/mol. The molecule has 0 bridgehead atoms. The minimum Gasteiger partial charge on any atom is -0.452 e. The second kappa shape index (κ2) is 9.40. The van der Waals surface area contributed by atoms with Crippen LogP contribution < -0.4 is 5.32 Å². The number of carbonyl (C=O) groups is 2. The Morgan fingerprint density at radius 3 is 2.03 bits per heavy atom. The highest BCUT2D eigenvalue weighted by Crippen LogP contribution is 2.36. The summed E-state index contributed by atoms with van der Waals surface area (Å²) >= 11 is 0. The van der Waals surface area contributed by atoms with Crippen LogP contribution >= 0.6 is 0 Å². The monoisotopic (exact) mass is 447 g/mol. The molecule has 0 fully saturated rings. The second-order valence-corrected chi connectivity index (χ2v) is 6.82. The first-order valence-corrected chi connectivity index (χ1v) is 9.18. The molecule has 2 rings (SSSR count). The fourth-order valence-corrected chi connectivity index (χ4v) is 2.73. The van der Waals surface area contributed by atoms with Crippen LogP contribution in [-0.4, -0.2) is 18.5 Å². The van der Waals surface area contributed by atoms with Crippen LogP contribution in [-0.2, 0) is 21.9 Å². The molecule has 1 amide bonds. The summed E-state index contributed by atoms with van der Waals surface area (Å²) in [5, 5.41) is 2.53. The summed E-state index contributed by atoms with van der Waals surface area (Å²) in [6.45, 7) is 3.01. The third kappa shape index (κ3) is 6.47. The molecule has 2 aromatic rings. The van der Waals surface area contributed by atoms with Gasteiger partial charge in [0.25, 0.3) is 5.91 Å². The van der Waals surface area contributed by atoms with Gasteiger partial charge in [-0.15, -0.1) is 0 Å². The molecule has 0 aliphatic carbocycles. The Morgan fingerprint density at radius 2 is 1.52 bits per heavy atom. The van der Waals surface area contributed by atoms with Crippen molar-refractivity contribution in [3.8, 4) is 0 Å². The van der Waals surface area contributed by atoms with Gasteiger partial charge >= 0.3 is 18.3 Å². The summed E-state index contributed by atoms with van der Waals surface area (Å²) in [6, 6.07) is 7.27. The zero-order valence-electron chi connectivity index (χ0n) is 16.5. The quantitative estimate of drug-likeness (QED) is 0.434. The van der Waals surface area contributed by atoms with E-state index in [1.54, 1.807) is 24.3 Å². The third-order valence-electron chi connectivity index (χ3n) is 4.54. The Kier molecular flexibility index (Phi) is 7.35. The number of hydrogen-bond acceptors (Lipinski definition) is 3. The number of alkyl halides is 6. The zero-order valence-corrected chi connectivity index (χ0v) is 16.5. The van der Waals surface area contributed by atoms with Gasteiger partial charge in [0.15, 0.2) is 6.61 Å². The van der Waals surface area contributed by atoms with Crippen molar-refractivity contribution in [3.05, 3.63) is 64.7 Å². The molecule has 0 heterocycles. The van der Waals surface area contributed by atoms with E-state index in [2.05, 4.69) is 10.1 Å². The normalized spacial score (nSPS) is 12.9. The van der Waals surface area contributed by atoms with Gasteiger partial charge in [0.2, 0.25) is 0 Å². The highest BCUT2D eigenvalue weighted by atomic mass is 19.4. The van der Waals surface area contributed by atoms with Crippen LogP contribution in [0.4, 0.5) is 32.0 Å². The van der Waals surface area contributed by atoms with Crippen LogP contribution in [0.1, 0.15) is 53.2 Å². The molecule has 10 heteroatoms. The van der Waals surface area contributed by atoms with E-state index in [1.165, 1.54) is 0 Å². The first-order valence-electron chi connectivity index (χ1n) is 9.18. The number of carbonyl (C=O) groups excluding carboxylic acids is 2. The van der Waals surface area contributed by atoms with Crippen molar-refractivity contribution >= 4 is 17.6 Å². The minimum atomic E-state index is -5.10. The largest absolute Gasteiger partial charge is 0.452 e. The molecule has 1 atom stereocenters. The molecule has 2 aromatic carbocycles. The lowest BCUT2D eigenvalue weighted by Gasteiger charge is -2.16. The van der Waals surface area contributed by atoms with Crippen LogP contribution in [0.2, 0.25) is 0 Å². The number of benzene rings is 2. The van der Waals surface area contributed by atoms with Gasteiger partial charge in [0.1, 0.15) is 0 Å². The van der Waals surface area contributed by atoms with E-state index in [0.29, 0.717) is 5.69 Å². The number of ether oxygens (including phenoxy) is 1. The summed E-state index contributed by atoms with van der Waals surface area (Å²) in [6.07, 6.45) is -9.42. The van der Waals surface area contributed by atoms with Crippen molar-refractivity contribution < 1.29 is 40.7 Å². The van der Waals surface area contributed by atoms with E-state index in [4.69, 9.17) is 0 Å². The predicted molar refractivity (Wildman–Crippen MR) is 101 cm³/mol. The number of para-hydroxylation sites is 1. The van der Waals surface area contributed by atoms with Crippen molar-refractivity contribution in [1.82, 2.24) is 0 Å². The lowest BCUT2D eigenvalue weighted by Crippen LogP contribution is -2.22. The standard InChI is InChI=1S/C21H19F6NO3/c1-3-12(2)16-6-4-5-7-17(16)28-18(29)11-31-19(30)13-8-14(20(22,23)24)10-15(9-13)21(25,26)27/h4-10,12H,3,11H2,1-2H3,(H,28,29)/t12-/m1/s1. The SMILES string of the molecule is CC[C@@H](C)c1ccccc1NC(=O)COC(=O)c1cc(C(F)(F)F)cc(C(F)(F)F)c1. The zero-order chi connectivity index (χ0) is 23.4. The number of halogens is 6. The molecule has 31 heavy (non-hydrogen) atoms. The highest BCUT2D eigenvalue weighted by Gasteiger charge is 2.37. The summed E-state index contributed by atoms with van der Waals surface area (Å²) in [7, 11) is 0. The molecule has 0 aliphatic heterocycles. The van der Waals surface area contributed by atoms with Crippen LogP contribution in [0, 0.1) is 0 Å². The number of amides is 1. The van der Waals surface area contributed by atoms with Crippen LogP contribution in [0.3, 0.4) is 0 Å².